The van der Waals surface area contributed by atoms with E-state index in [1.54, 1.807) is 0 Å². The molecule has 140 valence electrons. The van der Waals surface area contributed by atoms with Crippen molar-refractivity contribution >= 4 is 18.3 Å². The molecule has 0 saturated carbocycles. The van der Waals surface area contributed by atoms with Gasteiger partial charge in [-0.25, -0.2) is 0 Å². The summed E-state index contributed by atoms with van der Waals surface area (Å²) in [5, 5.41) is 13.7. The number of hydrogen-bond acceptors (Lipinski definition) is 5. The Balaban J connectivity index is 0.00000196. The molecule has 2 aliphatic rings. The van der Waals surface area contributed by atoms with Gasteiger partial charge in [0.25, 0.3) is 5.91 Å². The Morgan fingerprint density at radius 1 is 1.27 bits per heavy atom. The van der Waals surface area contributed by atoms with E-state index in [-0.39, 0.29) is 24.4 Å². The lowest BCUT2D eigenvalue weighted by molar-refractivity contribution is 0.0902. The average molecular weight is 377 g/mol. The van der Waals surface area contributed by atoms with Crippen molar-refractivity contribution in [3.8, 4) is 0 Å². The molecule has 1 fully saturated rings. The second-order valence-electron chi connectivity index (χ2n) is 6.84. The molecule has 4 rings (SSSR count). The van der Waals surface area contributed by atoms with Gasteiger partial charge in [0.05, 0.1) is 0 Å². The number of likely N-dealkylation sites (tertiary alicyclic amines) is 1. The number of H-pyrrole nitrogens is 1. The number of halogens is 1. The molecule has 0 bridgehead atoms. The Morgan fingerprint density at radius 2 is 2.04 bits per heavy atom. The number of carbonyl (C=O) groups is 1. The van der Waals surface area contributed by atoms with E-state index in [4.69, 9.17) is 0 Å². The van der Waals surface area contributed by atoms with Crippen LogP contribution >= 0.6 is 12.4 Å². The highest BCUT2D eigenvalue weighted by Gasteiger charge is 2.25. The van der Waals surface area contributed by atoms with Gasteiger partial charge in [-0.2, -0.15) is 5.10 Å². The van der Waals surface area contributed by atoms with Crippen LogP contribution in [0.3, 0.4) is 0 Å². The quantitative estimate of drug-likeness (QED) is 0.748. The third-order valence-electron chi connectivity index (χ3n) is 5.10. The van der Waals surface area contributed by atoms with E-state index in [2.05, 4.69) is 42.8 Å². The van der Waals surface area contributed by atoms with Crippen LogP contribution in [0.1, 0.15) is 40.2 Å². The van der Waals surface area contributed by atoms with Crippen molar-refractivity contribution in [2.45, 2.75) is 38.4 Å². The van der Waals surface area contributed by atoms with Gasteiger partial charge >= 0.3 is 0 Å². The number of pyridine rings is 1. The van der Waals surface area contributed by atoms with E-state index in [0.29, 0.717) is 5.69 Å². The van der Waals surface area contributed by atoms with Crippen molar-refractivity contribution in [1.82, 2.24) is 30.7 Å². The van der Waals surface area contributed by atoms with Crippen molar-refractivity contribution in [1.29, 1.82) is 0 Å². The predicted molar refractivity (Wildman–Crippen MR) is 101 cm³/mol. The Morgan fingerprint density at radius 3 is 2.81 bits per heavy atom. The minimum atomic E-state index is -0.0474. The second-order valence-corrected chi connectivity index (χ2v) is 6.84. The largest absolute Gasteiger partial charge is 0.348 e. The molecule has 0 unspecified atom stereocenters. The van der Waals surface area contributed by atoms with Gasteiger partial charge in [0.2, 0.25) is 0 Å². The summed E-state index contributed by atoms with van der Waals surface area (Å²) in [6.45, 7) is 4.59. The first kappa shape index (κ1) is 18.8. The third kappa shape index (κ3) is 4.23. The third-order valence-corrected chi connectivity index (χ3v) is 5.10. The summed E-state index contributed by atoms with van der Waals surface area (Å²) >= 11 is 0. The van der Waals surface area contributed by atoms with E-state index in [0.717, 1.165) is 63.2 Å². The topological polar surface area (TPSA) is 85.9 Å². The van der Waals surface area contributed by atoms with Crippen LogP contribution in [0.25, 0.3) is 0 Å². The highest BCUT2D eigenvalue weighted by molar-refractivity contribution is 5.94. The zero-order valence-electron chi connectivity index (χ0n) is 14.7. The molecule has 0 aliphatic carbocycles. The summed E-state index contributed by atoms with van der Waals surface area (Å²) in [6, 6.07) is 4.34. The van der Waals surface area contributed by atoms with E-state index in [1.165, 1.54) is 5.56 Å². The van der Waals surface area contributed by atoms with Crippen LogP contribution in [-0.2, 0) is 19.5 Å². The first-order valence-corrected chi connectivity index (χ1v) is 8.98. The molecule has 1 saturated heterocycles. The number of nitrogens with zero attached hydrogens (tertiary/aromatic N) is 3. The van der Waals surface area contributed by atoms with E-state index in [9.17, 15) is 4.79 Å². The maximum absolute atomic E-state index is 12.6. The Labute approximate surface area is 159 Å². The molecular formula is C18H25ClN6O. The molecule has 7 nitrogen and oxygen atoms in total. The highest BCUT2D eigenvalue weighted by atomic mass is 35.5. The number of aromatic amines is 1. The molecule has 0 radical (unpaired) electrons. The van der Waals surface area contributed by atoms with Crippen molar-refractivity contribution in [2.75, 3.05) is 19.6 Å². The van der Waals surface area contributed by atoms with Crippen LogP contribution in [0.15, 0.2) is 24.5 Å². The summed E-state index contributed by atoms with van der Waals surface area (Å²) in [4.78, 5) is 19.1. The first-order chi connectivity index (χ1) is 12.3. The number of rotatable bonds is 4. The first-order valence-electron chi connectivity index (χ1n) is 8.98. The Hall–Kier alpha value is -1.96. The molecular weight excluding hydrogens is 352 g/mol. The van der Waals surface area contributed by atoms with Crippen LogP contribution in [0.2, 0.25) is 0 Å². The lowest BCUT2D eigenvalue weighted by Crippen LogP contribution is -2.44. The van der Waals surface area contributed by atoms with Gasteiger partial charge in [-0.15, -0.1) is 12.4 Å². The van der Waals surface area contributed by atoms with Crippen LogP contribution in [0.4, 0.5) is 0 Å². The molecule has 4 heterocycles. The van der Waals surface area contributed by atoms with Gasteiger partial charge in [0, 0.05) is 68.8 Å². The summed E-state index contributed by atoms with van der Waals surface area (Å²) in [6.07, 6.45) is 6.52. The van der Waals surface area contributed by atoms with Crippen LogP contribution in [-0.4, -0.2) is 51.7 Å². The lowest BCUT2D eigenvalue weighted by Gasteiger charge is -2.32. The minimum Gasteiger partial charge on any atom is -0.348 e. The van der Waals surface area contributed by atoms with Gasteiger partial charge < -0.3 is 10.6 Å². The molecule has 0 aromatic carbocycles. The number of hydrogen-bond donors (Lipinski definition) is 3. The maximum Gasteiger partial charge on any atom is 0.272 e. The van der Waals surface area contributed by atoms with Crippen molar-refractivity contribution in [3.05, 3.63) is 47.0 Å². The molecule has 1 amide bonds. The summed E-state index contributed by atoms with van der Waals surface area (Å²) in [5.74, 6) is -0.0474. The lowest BCUT2D eigenvalue weighted by atomic mass is 10.0. The Bertz CT molecular complexity index is 727. The second kappa shape index (κ2) is 8.62. The molecule has 3 N–H and O–H groups in total. The fourth-order valence-corrected chi connectivity index (χ4v) is 3.65. The molecule has 2 aromatic heterocycles. The number of nitrogens with one attached hydrogen (secondary N) is 3. The van der Waals surface area contributed by atoms with Gasteiger partial charge in [-0.1, -0.05) is 0 Å². The maximum atomic E-state index is 12.6. The fourth-order valence-electron chi connectivity index (χ4n) is 3.65. The number of amides is 1. The smallest absolute Gasteiger partial charge is 0.272 e. The van der Waals surface area contributed by atoms with Crippen molar-refractivity contribution in [3.63, 3.8) is 0 Å². The number of carbonyl (C=O) groups excluding carboxylic acids is 1. The fraction of sp³-hybridized carbons (Fsp3) is 0.500. The Kier molecular flexibility index (Phi) is 6.24. The zero-order valence-corrected chi connectivity index (χ0v) is 15.5. The number of aromatic nitrogens is 3. The molecule has 0 spiro atoms. The van der Waals surface area contributed by atoms with Crippen LogP contribution in [0.5, 0.6) is 0 Å². The number of fused-ring (bicyclic) bond motifs is 1. The predicted octanol–water partition coefficient (Wildman–Crippen LogP) is 1.27. The summed E-state index contributed by atoms with van der Waals surface area (Å²) in [5.41, 5.74) is 3.96. The van der Waals surface area contributed by atoms with E-state index >= 15 is 0 Å². The highest BCUT2D eigenvalue weighted by Crippen LogP contribution is 2.17. The zero-order chi connectivity index (χ0) is 17.1. The van der Waals surface area contributed by atoms with Crippen molar-refractivity contribution < 1.29 is 4.79 Å². The number of piperidine rings is 1. The molecule has 2 aromatic rings. The SMILES string of the molecule is Cl.O=C(NC1CCN(Cc2ccncc2)CC1)c1n[nH]c2c1CNCC2. The summed E-state index contributed by atoms with van der Waals surface area (Å²) in [7, 11) is 0. The molecule has 8 heteroatoms. The monoisotopic (exact) mass is 376 g/mol. The minimum absolute atomic E-state index is 0. The standard InChI is InChI=1S/C18H24N6O.ClH/c25-18(17-15-11-20-8-3-16(15)22-23-17)21-14-4-9-24(10-5-14)12-13-1-6-19-7-2-13;/h1-2,6-7,14,20H,3-5,8-12H2,(H,21,25)(H,22,23);1H. The molecule has 0 atom stereocenters. The normalized spacial score (nSPS) is 18.0. The van der Waals surface area contributed by atoms with Gasteiger partial charge in [-0.05, 0) is 30.5 Å². The van der Waals surface area contributed by atoms with Crippen LogP contribution in [0, 0.1) is 0 Å². The molecule has 2 aliphatic heterocycles. The van der Waals surface area contributed by atoms with Gasteiger partial charge in [0.1, 0.15) is 0 Å². The molecule has 26 heavy (non-hydrogen) atoms. The van der Waals surface area contributed by atoms with Gasteiger partial charge in [-0.3, -0.25) is 19.8 Å². The van der Waals surface area contributed by atoms with Crippen LogP contribution < -0.4 is 10.6 Å². The van der Waals surface area contributed by atoms with Gasteiger partial charge in [0.15, 0.2) is 5.69 Å². The van der Waals surface area contributed by atoms with Crippen molar-refractivity contribution in [2.24, 2.45) is 0 Å². The average Bonchev–Trinajstić information content (AvgIpc) is 3.08. The summed E-state index contributed by atoms with van der Waals surface area (Å²) < 4.78 is 0. The van der Waals surface area contributed by atoms with E-state index in [1.807, 2.05) is 12.4 Å². The van der Waals surface area contributed by atoms with E-state index < -0.39 is 0 Å².